The maximum absolute atomic E-state index is 12.5. The van der Waals surface area contributed by atoms with Crippen LogP contribution in [0.5, 0.6) is 0 Å². The predicted octanol–water partition coefficient (Wildman–Crippen LogP) is 0.978. The molecule has 6 heteroatoms. The molecule has 0 spiro atoms. The van der Waals surface area contributed by atoms with Gasteiger partial charge >= 0.3 is 0 Å². The number of alkyl halides is 1. The summed E-state index contributed by atoms with van der Waals surface area (Å²) in [5, 5.41) is 3.10. The van der Waals surface area contributed by atoms with Crippen molar-refractivity contribution in [3.8, 4) is 0 Å². The number of amides is 1. The van der Waals surface area contributed by atoms with Crippen LogP contribution in [0.2, 0.25) is 0 Å². The van der Waals surface area contributed by atoms with Gasteiger partial charge in [0.25, 0.3) is 5.91 Å². The quantitative estimate of drug-likeness (QED) is 0.586. The van der Waals surface area contributed by atoms with Gasteiger partial charge in [-0.15, -0.1) is 0 Å². The Labute approximate surface area is 138 Å². The van der Waals surface area contributed by atoms with Crippen molar-refractivity contribution in [1.29, 1.82) is 0 Å². The van der Waals surface area contributed by atoms with Crippen molar-refractivity contribution in [2.24, 2.45) is 5.73 Å². The van der Waals surface area contributed by atoms with Crippen LogP contribution in [0.1, 0.15) is 16.8 Å². The van der Waals surface area contributed by atoms with E-state index >= 15 is 0 Å². The van der Waals surface area contributed by atoms with Crippen LogP contribution in [0.4, 0.5) is 0 Å². The standard InChI is InChI=1S/C15H20IN3O2/c1-21-14-12(15(17)7-8-19(14)9-11(15)16)18-13(20)10-5-3-2-4-6-10/h2-6,11-12,14H,7-9,17H2,1H3,(H,18,20)/t11-,12+,14-,15+/m0/s1. The third-order valence-electron chi connectivity index (χ3n) is 4.60. The molecule has 3 N–H and O–H groups in total. The molecule has 3 fully saturated rings. The largest absolute Gasteiger partial charge is 0.364 e. The van der Waals surface area contributed by atoms with E-state index in [2.05, 4.69) is 32.8 Å². The first kappa shape index (κ1) is 15.2. The summed E-state index contributed by atoms with van der Waals surface area (Å²) in [5.41, 5.74) is 6.88. The zero-order valence-corrected chi connectivity index (χ0v) is 14.1. The molecule has 1 unspecified atom stereocenters. The minimum atomic E-state index is -0.416. The lowest BCUT2D eigenvalue weighted by atomic mass is 9.75. The van der Waals surface area contributed by atoms with Gasteiger partial charge in [0.2, 0.25) is 0 Å². The number of fused-ring (bicyclic) bond motifs is 3. The molecule has 0 radical (unpaired) electrons. The smallest absolute Gasteiger partial charge is 0.251 e. The molecule has 1 amide bonds. The van der Waals surface area contributed by atoms with E-state index in [1.165, 1.54) is 0 Å². The number of piperidine rings is 3. The van der Waals surface area contributed by atoms with Crippen LogP contribution in [-0.4, -0.2) is 52.7 Å². The molecule has 1 aromatic rings. The van der Waals surface area contributed by atoms with E-state index < -0.39 is 5.54 Å². The van der Waals surface area contributed by atoms with E-state index in [4.69, 9.17) is 10.5 Å². The highest BCUT2D eigenvalue weighted by Gasteiger charge is 2.56. The first-order valence-electron chi connectivity index (χ1n) is 7.12. The van der Waals surface area contributed by atoms with Gasteiger partial charge in [-0.25, -0.2) is 0 Å². The van der Waals surface area contributed by atoms with Gasteiger partial charge in [-0.1, -0.05) is 40.8 Å². The summed E-state index contributed by atoms with van der Waals surface area (Å²) in [7, 11) is 1.68. The molecule has 5 nitrogen and oxygen atoms in total. The topological polar surface area (TPSA) is 67.6 Å². The molecule has 3 aliphatic heterocycles. The SMILES string of the molecule is CO[C@H]1[C@@H](NC(=O)c2ccccc2)[C@@]2(N)CCN1C[C@@H]2I. The summed E-state index contributed by atoms with van der Waals surface area (Å²) in [6, 6.07) is 9.04. The van der Waals surface area contributed by atoms with Crippen LogP contribution in [-0.2, 0) is 4.74 Å². The second kappa shape index (κ2) is 5.83. The number of hydrogen-bond donors (Lipinski definition) is 2. The number of halogens is 1. The average molecular weight is 401 g/mol. The first-order chi connectivity index (χ1) is 10.1. The highest BCUT2D eigenvalue weighted by Crippen LogP contribution is 2.38. The van der Waals surface area contributed by atoms with Crippen molar-refractivity contribution in [3.05, 3.63) is 35.9 Å². The highest BCUT2D eigenvalue weighted by atomic mass is 127. The first-order valence-corrected chi connectivity index (χ1v) is 8.36. The molecule has 3 saturated heterocycles. The summed E-state index contributed by atoms with van der Waals surface area (Å²) in [6.07, 6.45) is 0.725. The van der Waals surface area contributed by atoms with Gasteiger partial charge in [-0.05, 0) is 18.6 Å². The van der Waals surface area contributed by atoms with E-state index in [1.807, 2.05) is 30.3 Å². The summed E-state index contributed by atoms with van der Waals surface area (Å²) in [4.78, 5) is 14.7. The third kappa shape index (κ3) is 2.58. The summed E-state index contributed by atoms with van der Waals surface area (Å²) in [6.45, 7) is 1.83. The van der Waals surface area contributed by atoms with Crippen LogP contribution < -0.4 is 11.1 Å². The highest BCUT2D eigenvalue weighted by molar-refractivity contribution is 14.1. The molecule has 3 aliphatic rings. The van der Waals surface area contributed by atoms with Gasteiger partial charge in [0, 0.05) is 29.7 Å². The zero-order valence-electron chi connectivity index (χ0n) is 12.0. The number of carbonyl (C=O) groups is 1. The molecule has 5 atom stereocenters. The number of rotatable bonds is 3. The predicted molar refractivity (Wildman–Crippen MR) is 89.4 cm³/mol. The van der Waals surface area contributed by atoms with Gasteiger partial charge in [0.1, 0.15) is 6.23 Å². The van der Waals surface area contributed by atoms with Gasteiger partial charge in [-0.3, -0.25) is 9.69 Å². The number of benzene rings is 1. The summed E-state index contributed by atoms with van der Waals surface area (Å²) < 4.78 is 5.92. The number of nitrogens with zero attached hydrogens (tertiary/aromatic N) is 1. The molecular weight excluding hydrogens is 381 g/mol. The van der Waals surface area contributed by atoms with Crippen molar-refractivity contribution >= 4 is 28.5 Å². The van der Waals surface area contributed by atoms with Crippen LogP contribution >= 0.6 is 22.6 Å². The van der Waals surface area contributed by atoms with Crippen molar-refractivity contribution in [2.45, 2.75) is 28.2 Å². The van der Waals surface area contributed by atoms with E-state index in [1.54, 1.807) is 7.11 Å². The van der Waals surface area contributed by atoms with E-state index in [9.17, 15) is 4.79 Å². The molecule has 21 heavy (non-hydrogen) atoms. The minimum Gasteiger partial charge on any atom is -0.364 e. The lowest BCUT2D eigenvalue weighted by molar-refractivity contribution is -0.125. The number of methoxy groups -OCH3 is 1. The van der Waals surface area contributed by atoms with E-state index in [0.717, 1.165) is 19.5 Å². The van der Waals surface area contributed by atoms with Crippen molar-refractivity contribution in [1.82, 2.24) is 10.2 Å². The molecule has 3 heterocycles. The number of ether oxygens (including phenoxy) is 1. The van der Waals surface area contributed by atoms with Gasteiger partial charge in [-0.2, -0.15) is 0 Å². The van der Waals surface area contributed by atoms with Crippen LogP contribution in [0.25, 0.3) is 0 Å². The molecule has 1 aromatic carbocycles. The third-order valence-corrected chi connectivity index (χ3v) is 6.15. The van der Waals surface area contributed by atoms with Crippen molar-refractivity contribution in [2.75, 3.05) is 20.2 Å². The second-order valence-corrected chi connectivity index (χ2v) is 7.27. The average Bonchev–Trinajstić information content (AvgIpc) is 2.50. The molecule has 2 bridgehead atoms. The molecular formula is C15H20IN3O2. The van der Waals surface area contributed by atoms with Crippen molar-refractivity contribution in [3.63, 3.8) is 0 Å². The maximum atomic E-state index is 12.5. The number of hydrogen-bond acceptors (Lipinski definition) is 4. The van der Waals surface area contributed by atoms with E-state index in [-0.39, 0.29) is 18.2 Å². The fourth-order valence-electron chi connectivity index (χ4n) is 3.32. The Balaban J connectivity index is 1.84. The van der Waals surface area contributed by atoms with Crippen LogP contribution in [0, 0.1) is 0 Å². The number of carbonyl (C=O) groups excluding carboxylic acids is 1. The number of nitrogens with two attached hydrogens (primary N) is 1. The Bertz CT molecular complexity index is 527. The lowest BCUT2D eigenvalue weighted by Gasteiger charge is -2.58. The maximum Gasteiger partial charge on any atom is 0.251 e. The van der Waals surface area contributed by atoms with Crippen molar-refractivity contribution < 1.29 is 9.53 Å². The Kier molecular flexibility index (Phi) is 4.22. The molecule has 0 aromatic heterocycles. The Hall–Kier alpha value is -0.700. The zero-order chi connectivity index (χ0) is 15.0. The Morgan fingerprint density at radius 1 is 1.48 bits per heavy atom. The molecule has 4 rings (SSSR count). The molecule has 0 aliphatic carbocycles. The molecule has 0 saturated carbocycles. The van der Waals surface area contributed by atoms with Gasteiger partial charge in [0.15, 0.2) is 0 Å². The normalized spacial score (nSPS) is 38.2. The van der Waals surface area contributed by atoms with Crippen LogP contribution in [0.15, 0.2) is 30.3 Å². The summed E-state index contributed by atoms with van der Waals surface area (Å²) >= 11 is 2.40. The van der Waals surface area contributed by atoms with E-state index in [0.29, 0.717) is 9.49 Å². The monoisotopic (exact) mass is 401 g/mol. The van der Waals surface area contributed by atoms with Crippen LogP contribution in [0.3, 0.4) is 0 Å². The Morgan fingerprint density at radius 3 is 2.81 bits per heavy atom. The van der Waals surface area contributed by atoms with Gasteiger partial charge in [0.05, 0.1) is 11.6 Å². The summed E-state index contributed by atoms with van der Waals surface area (Å²) in [5.74, 6) is -0.0928. The molecule has 114 valence electrons. The second-order valence-electron chi connectivity index (χ2n) is 5.77. The minimum absolute atomic E-state index is 0.0928. The van der Waals surface area contributed by atoms with Gasteiger partial charge < -0.3 is 15.8 Å². The Morgan fingerprint density at radius 2 is 2.19 bits per heavy atom. The fraction of sp³-hybridized carbons (Fsp3) is 0.533. The number of nitrogens with one attached hydrogen (secondary N) is 1. The lowest BCUT2D eigenvalue weighted by Crippen LogP contribution is -2.79. The fourth-order valence-corrected chi connectivity index (χ4v) is 4.53.